The van der Waals surface area contributed by atoms with Crippen molar-refractivity contribution in [2.45, 2.75) is 12.1 Å². The van der Waals surface area contributed by atoms with Gasteiger partial charge in [0.15, 0.2) is 0 Å². The van der Waals surface area contributed by atoms with Gasteiger partial charge in [0, 0.05) is 0 Å². The van der Waals surface area contributed by atoms with E-state index in [1.165, 1.54) is 0 Å². The molecule has 0 spiro atoms. The molecule has 0 heterocycles. The molecular formula is C8H4F8N2. The predicted octanol–water partition coefficient (Wildman–Crippen LogP) is 4.21. The topological polar surface area (TPSA) is 15.3 Å². The Balaban J connectivity index is 3.55. The Labute approximate surface area is 94.6 Å². The number of alkyl halides is 5. The summed E-state index contributed by atoms with van der Waals surface area (Å²) >= 11 is 0. The molecule has 0 saturated heterocycles. The van der Waals surface area contributed by atoms with Gasteiger partial charge in [0.25, 0.3) is 0 Å². The molecule has 1 aromatic carbocycles. The number of nitrogens with zero attached hydrogens (tertiary/aromatic N) is 1. The summed E-state index contributed by atoms with van der Waals surface area (Å²) in [6, 6.07) is 1.47. The first kappa shape index (κ1) is 14.3. The van der Waals surface area contributed by atoms with Gasteiger partial charge < -0.3 is 0 Å². The first-order valence-electron chi connectivity index (χ1n) is 4.19. The molecule has 1 N–H and O–H groups in total. The van der Waals surface area contributed by atoms with Crippen LogP contribution in [0.1, 0.15) is 5.56 Å². The van der Waals surface area contributed by atoms with Crippen LogP contribution in [0.5, 0.6) is 0 Å². The van der Waals surface area contributed by atoms with Gasteiger partial charge in [0.1, 0.15) is 5.69 Å². The molecule has 2 nitrogen and oxygen atoms in total. The molecule has 18 heavy (non-hydrogen) atoms. The molecule has 102 valence electrons. The quantitative estimate of drug-likeness (QED) is 0.659. The molecule has 0 atom stereocenters. The van der Waals surface area contributed by atoms with Crippen LogP contribution in [-0.4, -0.2) is 6.18 Å². The SMILES string of the molecule is FNc1cccc(N(F)F)c1C(F)(F)C(F)(F)F. The van der Waals surface area contributed by atoms with Crippen molar-refractivity contribution in [1.29, 1.82) is 0 Å². The molecule has 0 bridgehead atoms. The lowest BCUT2D eigenvalue weighted by molar-refractivity contribution is -0.289. The Morgan fingerprint density at radius 2 is 1.56 bits per heavy atom. The predicted molar refractivity (Wildman–Crippen MR) is 45.8 cm³/mol. The molecule has 0 unspecified atom stereocenters. The van der Waals surface area contributed by atoms with Crippen molar-refractivity contribution in [2.24, 2.45) is 0 Å². The minimum Gasteiger partial charge on any atom is -0.224 e. The summed E-state index contributed by atoms with van der Waals surface area (Å²) in [5.74, 6) is -5.63. The van der Waals surface area contributed by atoms with Crippen LogP contribution in [0, 0.1) is 0 Å². The van der Waals surface area contributed by atoms with Crippen molar-refractivity contribution < 1.29 is 35.4 Å². The number of benzene rings is 1. The average molecular weight is 280 g/mol. The summed E-state index contributed by atoms with van der Waals surface area (Å²) in [6.45, 7) is 0. The van der Waals surface area contributed by atoms with E-state index in [9.17, 15) is 35.4 Å². The van der Waals surface area contributed by atoms with Crippen molar-refractivity contribution in [1.82, 2.24) is 0 Å². The molecule has 0 amide bonds. The lowest BCUT2D eigenvalue weighted by Crippen LogP contribution is -2.35. The van der Waals surface area contributed by atoms with Crippen LogP contribution >= 0.6 is 0 Å². The van der Waals surface area contributed by atoms with E-state index in [4.69, 9.17) is 0 Å². The highest BCUT2D eigenvalue weighted by Crippen LogP contribution is 2.50. The number of nitrogens with one attached hydrogen (secondary N) is 1. The monoisotopic (exact) mass is 280 g/mol. The fraction of sp³-hybridized carbons (Fsp3) is 0.250. The molecule has 0 radical (unpaired) electrons. The maximum Gasteiger partial charge on any atom is 0.458 e. The van der Waals surface area contributed by atoms with Gasteiger partial charge in [-0.2, -0.15) is 22.0 Å². The summed E-state index contributed by atoms with van der Waals surface area (Å²) < 4.78 is 99.0. The normalized spacial score (nSPS) is 12.4. The first-order valence-corrected chi connectivity index (χ1v) is 4.19. The molecule has 10 heteroatoms. The smallest absolute Gasteiger partial charge is 0.224 e. The van der Waals surface area contributed by atoms with Gasteiger partial charge >= 0.3 is 12.1 Å². The number of hydrogen-bond acceptors (Lipinski definition) is 2. The third-order valence-corrected chi connectivity index (χ3v) is 2.00. The van der Waals surface area contributed by atoms with Gasteiger partial charge in [-0.05, 0) is 17.5 Å². The van der Waals surface area contributed by atoms with Crippen molar-refractivity contribution >= 4 is 11.4 Å². The highest BCUT2D eigenvalue weighted by Gasteiger charge is 2.61. The Kier molecular flexibility index (Phi) is 3.58. The summed E-state index contributed by atoms with van der Waals surface area (Å²) in [4.78, 5) is 0. The number of halogens is 8. The number of hydrogen-bond donors (Lipinski definition) is 1. The highest BCUT2D eigenvalue weighted by molar-refractivity contribution is 5.66. The Hall–Kier alpha value is -1.74. The fourth-order valence-electron chi connectivity index (χ4n) is 1.23. The average Bonchev–Trinajstić information content (AvgIpc) is 2.26. The molecule has 0 saturated carbocycles. The Morgan fingerprint density at radius 1 is 1.00 bits per heavy atom. The summed E-state index contributed by atoms with van der Waals surface area (Å²) in [5.41, 5.74) is -4.80. The van der Waals surface area contributed by atoms with Crippen molar-refractivity contribution in [2.75, 3.05) is 10.9 Å². The zero-order chi connectivity index (χ0) is 14.1. The van der Waals surface area contributed by atoms with Gasteiger partial charge in [-0.15, -0.1) is 4.48 Å². The van der Waals surface area contributed by atoms with E-state index in [1.807, 2.05) is 0 Å². The molecule has 1 aromatic rings. The van der Waals surface area contributed by atoms with E-state index in [0.717, 1.165) is 0 Å². The maximum atomic E-state index is 13.0. The van der Waals surface area contributed by atoms with Crippen molar-refractivity contribution in [3.8, 4) is 0 Å². The molecular weight excluding hydrogens is 276 g/mol. The second-order valence-corrected chi connectivity index (χ2v) is 3.10. The molecule has 0 fully saturated rings. The van der Waals surface area contributed by atoms with Gasteiger partial charge in [-0.1, -0.05) is 15.0 Å². The molecule has 1 rings (SSSR count). The van der Waals surface area contributed by atoms with Crippen LogP contribution in [0.2, 0.25) is 0 Å². The van der Waals surface area contributed by atoms with E-state index >= 15 is 0 Å². The zero-order valence-corrected chi connectivity index (χ0v) is 8.20. The van der Waals surface area contributed by atoms with Gasteiger partial charge in [-0.25, -0.2) is 5.54 Å². The van der Waals surface area contributed by atoms with E-state index < -0.39 is 34.4 Å². The lowest BCUT2D eigenvalue weighted by atomic mass is 10.0. The van der Waals surface area contributed by atoms with Gasteiger partial charge in [0.05, 0.1) is 11.3 Å². The van der Waals surface area contributed by atoms with E-state index in [0.29, 0.717) is 23.7 Å². The standard InChI is InChI=1S/C8H4F8N2/c9-7(10,8(11,12)13)6-4(17-14)2-1-3-5(6)18(15)16/h1-3,17H. The second kappa shape index (κ2) is 4.50. The molecule has 0 aromatic heterocycles. The van der Waals surface area contributed by atoms with Crippen LogP contribution in [-0.2, 0) is 5.92 Å². The number of anilines is 2. The molecule has 0 aliphatic carbocycles. The Morgan fingerprint density at radius 3 is 1.94 bits per heavy atom. The summed E-state index contributed by atoms with van der Waals surface area (Å²) in [6.07, 6.45) is -6.13. The zero-order valence-electron chi connectivity index (χ0n) is 8.20. The van der Waals surface area contributed by atoms with Crippen LogP contribution in [0.4, 0.5) is 46.8 Å². The van der Waals surface area contributed by atoms with Crippen molar-refractivity contribution in [3.63, 3.8) is 0 Å². The van der Waals surface area contributed by atoms with Crippen LogP contribution < -0.4 is 10.9 Å². The first-order chi connectivity index (χ1) is 8.13. The van der Waals surface area contributed by atoms with Crippen LogP contribution in [0.15, 0.2) is 18.2 Å². The largest absolute Gasteiger partial charge is 0.458 e. The van der Waals surface area contributed by atoms with Crippen LogP contribution in [0.25, 0.3) is 0 Å². The van der Waals surface area contributed by atoms with E-state index in [-0.39, 0.29) is 0 Å². The minimum atomic E-state index is -6.13. The Bertz CT molecular complexity index is 428. The van der Waals surface area contributed by atoms with Gasteiger partial charge in [-0.3, -0.25) is 0 Å². The van der Waals surface area contributed by atoms with E-state index in [1.54, 1.807) is 0 Å². The van der Waals surface area contributed by atoms with E-state index in [2.05, 4.69) is 0 Å². The molecule has 0 aliphatic rings. The minimum absolute atomic E-state index is 0.301. The highest BCUT2D eigenvalue weighted by atomic mass is 19.4. The third kappa shape index (κ3) is 2.27. The van der Waals surface area contributed by atoms with Gasteiger partial charge in [0.2, 0.25) is 0 Å². The summed E-state index contributed by atoms with van der Waals surface area (Å²) in [5, 5.41) is -1.95. The summed E-state index contributed by atoms with van der Waals surface area (Å²) in [7, 11) is 0. The number of rotatable bonds is 3. The second-order valence-electron chi connectivity index (χ2n) is 3.10. The molecule has 0 aliphatic heterocycles. The lowest BCUT2D eigenvalue weighted by Gasteiger charge is -2.24. The fourth-order valence-corrected chi connectivity index (χ4v) is 1.23. The maximum absolute atomic E-state index is 13.0. The van der Waals surface area contributed by atoms with Crippen LogP contribution in [0.3, 0.4) is 0 Å². The third-order valence-electron chi connectivity index (χ3n) is 2.00. The van der Waals surface area contributed by atoms with Crippen molar-refractivity contribution in [3.05, 3.63) is 23.8 Å².